The highest BCUT2D eigenvalue weighted by Crippen LogP contribution is 2.35. The molecule has 3 aromatic rings. The van der Waals surface area contributed by atoms with Gasteiger partial charge in [-0.2, -0.15) is 0 Å². The number of anilines is 1. The van der Waals surface area contributed by atoms with Crippen molar-refractivity contribution in [2.24, 2.45) is 5.92 Å². The fourth-order valence-electron chi connectivity index (χ4n) is 5.28. The standard InChI is InChI=1S/C32H33F5N2O4S/c1-18(2)15-38(44-31-29(36)27(34)26(33)28(35)30(31)37)17-25(41)39(22-12-13-23(32(42)43)24(40)14-22)16-19-8-10-21(11-9-19)20-6-4-3-5-7-20/h8-14,18,20,40H,3-7,15-17H2,1-2H3,(H,42,43). The highest BCUT2D eigenvalue weighted by atomic mass is 32.2. The SMILES string of the molecule is CC(C)CN(CC(=O)N(Cc1ccc(C2CCCCC2)cc1)c1ccc(C(=O)O)c(O)c1)Sc1c(F)c(F)c(F)c(F)c1F. The van der Waals surface area contributed by atoms with Crippen LogP contribution in [0.25, 0.3) is 0 Å². The number of carboxylic acid groups (broad SMARTS) is 1. The third-order valence-electron chi connectivity index (χ3n) is 7.49. The lowest BCUT2D eigenvalue weighted by atomic mass is 9.84. The van der Waals surface area contributed by atoms with Crippen molar-refractivity contribution in [3.63, 3.8) is 0 Å². The first kappa shape index (κ1) is 33.3. The van der Waals surface area contributed by atoms with Crippen LogP contribution in [-0.2, 0) is 11.3 Å². The Labute approximate surface area is 256 Å². The molecule has 0 heterocycles. The van der Waals surface area contributed by atoms with Crippen molar-refractivity contribution in [2.45, 2.75) is 63.3 Å². The van der Waals surface area contributed by atoms with E-state index in [9.17, 15) is 41.8 Å². The zero-order valence-electron chi connectivity index (χ0n) is 24.3. The van der Waals surface area contributed by atoms with Crippen LogP contribution in [0, 0.1) is 35.0 Å². The number of hydrogen-bond donors (Lipinski definition) is 2. The van der Waals surface area contributed by atoms with Crippen LogP contribution in [0.1, 0.15) is 73.4 Å². The summed E-state index contributed by atoms with van der Waals surface area (Å²) in [5.41, 5.74) is 1.69. The molecule has 0 unspecified atom stereocenters. The van der Waals surface area contributed by atoms with Gasteiger partial charge in [-0.1, -0.05) is 57.4 Å². The highest BCUT2D eigenvalue weighted by molar-refractivity contribution is 7.97. The Hall–Kier alpha value is -3.64. The second-order valence-corrected chi connectivity index (χ2v) is 12.4. The first-order valence-electron chi connectivity index (χ1n) is 14.3. The summed E-state index contributed by atoms with van der Waals surface area (Å²) in [6.07, 6.45) is 5.76. The summed E-state index contributed by atoms with van der Waals surface area (Å²) in [5.74, 6) is -12.7. The molecule has 2 N–H and O–H groups in total. The van der Waals surface area contributed by atoms with Gasteiger partial charge in [0.2, 0.25) is 11.7 Å². The second kappa shape index (κ2) is 14.4. The molecule has 44 heavy (non-hydrogen) atoms. The maximum atomic E-state index is 14.5. The maximum absolute atomic E-state index is 14.5. The summed E-state index contributed by atoms with van der Waals surface area (Å²) < 4.78 is 71.7. The monoisotopic (exact) mass is 636 g/mol. The number of carbonyl (C=O) groups is 2. The van der Waals surface area contributed by atoms with E-state index in [2.05, 4.69) is 0 Å². The fourth-order valence-corrected chi connectivity index (χ4v) is 6.42. The van der Waals surface area contributed by atoms with Crippen LogP contribution in [0.3, 0.4) is 0 Å². The Kier molecular flexibility index (Phi) is 10.9. The summed E-state index contributed by atoms with van der Waals surface area (Å²) in [6.45, 7) is 3.04. The third kappa shape index (κ3) is 7.71. The average molecular weight is 637 g/mol. The number of halogens is 5. The highest BCUT2D eigenvalue weighted by Gasteiger charge is 2.30. The molecule has 0 atom stereocenters. The predicted molar refractivity (Wildman–Crippen MR) is 157 cm³/mol. The van der Waals surface area contributed by atoms with Crippen molar-refractivity contribution in [3.05, 3.63) is 88.2 Å². The molecule has 1 saturated carbocycles. The molecule has 0 bridgehead atoms. The Morgan fingerprint density at radius 3 is 2.02 bits per heavy atom. The topological polar surface area (TPSA) is 81.1 Å². The summed E-state index contributed by atoms with van der Waals surface area (Å²) in [4.78, 5) is 25.4. The van der Waals surface area contributed by atoms with E-state index in [1.54, 1.807) is 13.8 Å². The van der Waals surface area contributed by atoms with Crippen molar-refractivity contribution in [2.75, 3.05) is 18.0 Å². The van der Waals surface area contributed by atoms with Crippen LogP contribution < -0.4 is 4.90 Å². The minimum atomic E-state index is -2.28. The van der Waals surface area contributed by atoms with Gasteiger partial charge in [0.1, 0.15) is 16.2 Å². The van der Waals surface area contributed by atoms with Gasteiger partial charge in [0.25, 0.3) is 0 Å². The Bertz CT molecular complexity index is 1480. The van der Waals surface area contributed by atoms with Crippen LogP contribution >= 0.6 is 11.9 Å². The quantitative estimate of drug-likeness (QED) is 0.0960. The smallest absolute Gasteiger partial charge is 0.339 e. The molecular formula is C32H33F5N2O4S. The third-order valence-corrected chi connectivity index (χ3v) is 8.57. The molecule has 1 fully saturated rings. The van der Waals surface area contributed by atoms with Crippen LogP contribution in [0.15, 0.2) is 47.4 Å². The van der Waals surface area contributed by atoms with Crippen molar-refractivity contribution in [3.8, 4) is 5.75 Å². The van der Waals surface area contributed by atoms with Crippen molar-refractivity contribution in [1.29, 1.82) is 0 Å². The minimum Gasteiger partial charge on any atom is -0.507 e. The largest absolute Gasteiger partial charge is 0.507 e. The van der Waals surface area contributed by atoms with Gasteiger partial charge in [-0.05, 0) is 59.9 Å². The number of carbonyl (C=O) groups excluding carboxylic acids is 1. The van der Waals surface area contributed by atoms with Gasteiger partial charge in [-0.3, -0.25) is 4.79 Å². The van der Waals surface area contributed by atoms with E-state index in [1.807, 2.05) is 24.3 Å². The molecular weight excluding hydrogens is 603 g/mol. The molecule has 0 aromatic heterocycles. The number of aromatic hydroxyl groups is 1. The first-order valence-corrected chi connectivity index (χ1v) is 15.0. The lowest BCUT2D eigenvalue weighted by Crippen LogP contribution is -2.39. The predicted octanol–water partition coefficient (Wildman–Crippen LogP) is 8.03. The van der Waals surface area contributed by atoms with Gasteiger partial charge in [0.15, 0.2) is 23.3 Å². The number of aromatic carboxylic acids is 1. The number of rotatable bonds is 11. The van der Waals surface area contributed by atoms with E-state index >= 15 is 0 Å². The second-order valence-electron chi connectivity index (χ2n) is 11.3. The molecule has 0 saturated heterocycles. The number of nitrogens with zero attached hydrogens (tertiary/aromatic N) is 2. The van der Waals surface area contributed by atoms with E-state index < -0.39 is 58.2 Å². The maximum Gasteiger partial charge on any atom is 0.339 e. The van der Waals surface area contributed by atoms with Gasteiger partial charge in [-0.15, -0.1) is 0 Å². The van der Waals surface area contributed by atoms with Crippen LogP contribution in [0.2, 0.25) is 0 Å². The zero-order chi connectivity index (χ0) is 32.1. The van der Waals surface area contributed by atoms with Crippen molar-refractivity contribution >= 4 is 29.5 Å². The van der Waals surface area contributed by atoms with Crippen molar-refractivity contribution < 1.29 is 41.8 Å². The molecule has 1 aliphatic rings. The van der Waals surface area contributed by atoms with Gasteiger partial charge >= 0.3 is 5.97 Å². The van der Waals surface area contributed by atoms with E-state index in [4.69, 9.17) is 0 Å². The molecule has 1 amide bonds. The van der Waals surface area contributed by atoms with Gasteiger partial charge in [0.05, 0.1) is 13.1 Å². The Morgan fingerprint density at radius 1 is 0.886 bits per heavy atom. The summed E-state index contributed by atoms with van der Waals surface area (Å²) in [7, 11) is 0. The molecule has 236 valence electrons. The molecule has 0 aliphatic heterocycles. The first-order chi connectivity index (χ1) is 20.9. The molecule has 0 radical (unpaired) electrons. The molecule has 1 aliphatic carbocycles. The lowest BCUT2D eigenvalue weighted by Gasteiger charge is -2.28. The fraction of sp³-hybridized carbons (Fsp3) is 0.375. The Balaban J connectivity index is 1.65. The van der Waals surface area contributed by atoms with Crippen LogP contribution in [0.4, 0.5) is 27.6 Å². The van der Waals surface area contributed by atoms with Crippen molar-refractivity contribution in [1.82, 2.24) is 4.31 Å². The lowest BCUT2D eigenvalue weighted by molar-refractivity contribution is -0.118. The number of hydrogen-bond acceptors (Lipinski definition) is 5. The molecule has 4 rings (SSSR count). The molecule has 3 aromatic carbocycles. The van der Waals surface area contributed by atoms with Crippen LogP contribution in [0.5, 0.6) is 5.75 Å². The minimum absolute atomic E-state index is 0.00164. The van der Waals surface area contributed by atoms with E-state index in [-0.39, 0.29) is 42.2 Å². The van der Waals surface area contributed by atoms with E-state index in [0.717, 1.165) is 30.5 Å². The molecule has 12 heteroatoms. The summed E-state index contributed by atoms with van der Waals surface area (Å²) >= 11 is 0.244. The van der Waals surface area contributed by atoms with Gasteiger partial charge < -0.3 is 15.1 Å². The van der Waals surface area contributed by atoms with E-state index in [0.29, 0.717) is 5.92 Å². The summed E-state index contributed by atoms with van der Waals surface area (Å²) in [5, 5.41) is 19.7. The Morgan fingerprint density at radius 2 is 1.48 bits per heavy atom. The molecule has 0 spiro atoms. The zero-order valence-corrected chi connectivity index (χ0v) is 25.1. The van der Waals surface area contributed by atoms with Gasteiger partial charge in [0, 0.05) is 18.3 Å². The van der Waals surface area contributed by atoms with E-state index in [1.165, 1.54) is 40.1 Å². The summed E-state index contributed by atoms with van der Waals surface area (Å²) in [6, 6.07) is 11.4. The number of carboxylic acids is 1. The number of phenols is 1. The number of amides is 1. The average Bonchev–Trinajstić information content (AvgIpc) is 3.00. The normalized spacial score (nSPS) is 13.9. The van der Waals surface area contributed by atoms with Crippen LogP contribution in [-0.4, -0.2) is 39.5 Å². The molecule has 6 nitrogen and oxygen atoms in total. The van der Waals surface area contributed by atoms with Gasteiger partial charge in [-0.25, -0.2) is 31.1 Å². The number of benzene rings is 3.